The quantitative estimate of drug-likeness (QED) is 0.268. The van der Waals surface area contributed by atoms with Crippen LogP contribution in [0.15, 0.2) is 72.8 Å². The second-order valence-corrected chi connectivity index (χ2v) is 12.9. The summed E-state index contributed by atoms with van der Waals surface area (Å²) in [6.07, 6.45) is 9.09. The van der Waals surface area contributed by atoms with E-state index in [0.717, 1.165) is 22.4 Å². The molecule has 5 bridgehead atoms. The smallest absolute Gasteiger partial charge is 0.306 e. The first-order valence-corrected chi connectivity index (χ1v) is 16.6. The highest BCUT2D eigenvalue weighted by molar-refractivity contribution is 6.06. The van der Waals surface area contributed by atoms with Crippen molar-refractivity contribution in [2.24, 2.45) is 11.8 Å². The first-order valence-electron chi connectivity index (χ1n) is 16.6. The molecule has 2 saturated heterocycles. The fourth-order valence-electron chi connectivity index (χ4n) is 7.45. The molecule has 2 fully saturated rings. The van der Waals surface area contributed by atoms with Gasteiger partial charge in [0.25, 0.3) is 5.91 Å². The van der Waals surface area contributed by atoms with Crippen LogP contribution in [0.5, 0.6) is 0 Å². The molecule has 0 aromatic heterocycles. The highest BCUT2D eigenvalue weighted by Crippen LogP contribution is 2.55. The van der Waals surface area contributed by atoms with Gasteiger partial charge in [-0.2, -0.15) is 0 Å². The minimum absolute atomic E-state index is 0.0449. The van der Waals surface area contributed by atoms with Gasteiger partial charge in [0.1, 0.15) is 18.2 Å². The molecular formula is C37H43N3O7. The van der Waals surface area contributed by atoms with Crippen LogP contribution < -0.4 is 10.2 Å². The van der Waals surface area contributed by atoms with Gasteiger partial charge in [-0.3, -0.25) is 19.2 Å². The number of hydrogen-bond acceptors (Lipinski definition) is 7. The van der Waals surface area contributed by atoms with Crippen LogP contribution in [-0.2, 0) is 28.7 Å². The van der Waals surface area contributed by atoms with E-state index < -0.39 is 47.5 Å². The highest BCUT2D eigenvalue weighted by atomic mass is 16.5. The third-order valence-corrected chi connectivity index (χ3v) is 9.79. The van der Waals surface area contributed by atoms with Crippen molar-refractivity contribution in [2.75, 3.05) is 31.2 Å². The van der Waals surface area contributed by atoms with Crippen molar-refractivity contribution in [3.63, 3.8) is 0 Å². The zero-order chi connectivity index (χ0) is 33.1. The molecule has 4 aliphatic heterocycles. The Bertz CT molecular complexity index is 1570. The normalized spacial score (nSPS) is 30.0. The van der Waals surface area contributed by atoms with Crippen LogP contribution in [0.4, 0.5) is 5.69 Å². The molecule has 0 unspecified atom stereocenters. The van der Waals surface area contributed by atoms with E-state index in [1.807, 2.05) is 80.6 Å². The summed E-state index contributed by atoms with van der Waals surface area (Å²) in [6.45, 7) is 4.40. The Hall–Kier alpha value is -4.28. The summed E-state index contributed by atoms with van der Waals surface area (Å²) >= 11 is 0. The number of hydrogen-bond donors (Lipinski definition) is 2. The van der Waals surface area contributed by atoms with Crippen molar-refractivity contribution in [1.82, 2.24) is 10.2 Å². The van der Waals surface area contributed by atoms with Gasteiger partial charge >= 0.3 is 5.97 Å². The fraction of sp³-hybridized carbons (Fsp3) is 0.459. The number of rotatable bonds is 7. The number of nitrogens with one attached hydrogen (secondary N) is 1. The van der Waals surface area contributed by atoms with Gasteiger partial charge in [0.15, 0.2) is 0 Å². The molecule has 10 heteroatoms. The van der Waals surface area contributed by atoms with E-state index in [-0.39, 0.29) is 38.0 Å². The van der Waals surface area contributed by atoms with Crippen LogP contribution in [0, 0.1) is 25.7 Å². The minimum atomic E-state index is -1.32. The Labute approximate surface area is 275 Å². The number of likely N-dealkylation sites (tertiary alicyclic amines) is 1. The lowest BCUT2D eigenvalue weighted by Gasteiger charge is -2.36. The summed E-state index contributed by atoms with van der Waals surface area (Å²) in [5, 5.41) is 12.4. The lowest BCUT2D eigenvalue weighted by molar-refractivity contribution is -0.145. The number of fused-ring (bicyclic) bond motifs is 2. The number of unbranched alkanes of at least 4 members (excludes halogenated alkanes) is 2. The molecule has 2 N–H and O–H groups in total. The maximum atomic E-state index is 15.0. The van der Waals surface area contributed by atoms with Crippen LogP contribution in [-0.4, -0.2) is 77.7 Å². The van der Waals surface area contributed by atoms with Gasteiger partial charge in [0.2, 0.25) is 11.8 Å². The summed E-state index contributed by atoms with van der Waals surface area (Å²) in [7, 11) is 0. The van der Waals surface area contributed by atoms with Gasteiger partial charge in [-0.25, -0.2) is 0 Å². The number of allylic oxidation sites excluding steroid dienone is 1. The third kappa shape index (κ3) is 6.24. The van der Waals surface area contributed by atoms with Gasteiger partial charge in [0.05, 0.1) is 24.0 Å². The average molecular weight is 642 g/mol. The Kier molecular flexibility index (Phi) is 9.61. The number of ether oxygens (including phenoxy) is 2. The zero-order valence-corrected chi connectivity index (χ0v) is 27.0. The number of cyclic esters (lactones) is 1. The maximum absolute atomic E-state index is 15.0. The number of nitrogens with zero attached hydrogens (tertiary/aromatic N) is 2. The first-order chi connectivity index (χ1) is 22.7. The van der Waals surface area contributed by atoms with E-state index in [4.69, 9.17) is 9.47 Å². The first kappa shape index (κ1) is 32.7. The summed E-state index contributed by atoms with van der Waals surface area (Å²) in [4.78, 5) is 59.7. The van der Waals surface area contributed by atoms with Crippen LogP contribution in [0.3, 0.4) is 0 Å². The molecule has 47 heavy (non-hydrogen) atoms. The molecule has 1 spiro atoms. The molecule has 0 aliphatic carbocycles. The number of amides is 3. The largest absolute Gasteiger partial charge is 0.463 e. The second kappa shape index (κ2) is 13.8. The van der Waals surface area contributed by atoms with Crippen molar-refractivity contribution < 1.29 is 33.8 Å². The number of benzene rings is 2. The molecule has 0 saturated carbocycles. The third-order valence-electron chi connectivity index (χ3n) is 9.79. The van der Waals surface area contributed by atoms with E-state index in [2.05, 4.69) is 5.32 Å². The van der Waals surface area contributed by atoms with Crippen LogP contribution in [0.25, 0.3) is 0 Å². The number of carbonyl (C=O) groups is 4. The summed E-state index contributed by atoms with van der Waals surface area (Å²) in [6, 6.07) is 13.6. The number of carbonyl (C=O) groups excluding carboxylic acids is 4. The Balaban J connectivity index is 1.43. The van der Waals surface area contributed by atoms with E-state index in [1.165, 1.54) is 0 Å². The van der Waals surface area contributed by atoms with Crippen molar-refractivity contribution in [1.29, 1.82) is 0 Å². The number of aryl methyl sites for hydroxylation is 2. The second-order valence-electron chi connectivity index (χ2n) is 12.9. The van der Waals surface area contributed by atoms with Crippen LogP contribution in [0.2, 0.25) is 0 Å². The Morgan fingerprint density at radius 1 is 0.979 bits per heavy atom. The van der Waals surface area contributed by atoms with Crippen molar-refractivity contribution in [3.05, 3.63) is 89.5 Å². The number of anilines is 1. The molecular weight excluding hydrogens is 598 g/mol. The topological polar surface area (TPSA) is 125 Å². The average Bonchev–Trinajstić information content (AvgIpc) is 3.71. The number of esters is 1. The molecule has 4 heterocycles. The number of aliphatic hydroxyl groups is 1. The zero-order valence-electron chi connectivity index (χ0n) is 27.0. The lowest BCUT2D eigenvalue weighted by atomic mass is 9.74. The maximum Gasteiger partial charge on any atom is 0.306 e. The van der Waals surface area contributed by atoms with Gasteiger partial charge in [0, 0.05) is 31.8 Å². The monoisotopic (exact) mass is 641 g/mol. The van der Waals surface area contributed by atoms with Crippen molar-refractivity contribution in [3.8, 4) is 0 Å². The molecule has 2 aromatic rings. The van der Waals surface area contributed by atoms with Crippen molar-refractivity contribution >= 4 is 29.4 Å². The fourth-order valence-corrected chi connectivity index (χ4v) is 7.45. The molecule has 6 rings (SSSR count). The molecule has 3 amide bonds. The Morgan fingerprint density at radius 3 is 2.57 bits per heavy atom. The molecule has 2 aromatic carbocycles. The van der Waals surface area contributed by atoms with Gasteiger partial charge in [-0.05, 0) is 62.3 Å². The Morgan fingerprint density at radius 2 is 1.79 bits per heavy atom. The SMILES string of the molecule is Cc1ccc(C)c(N2C/C=C\CCC(=O)OC[C@H](c3ccccc3)NC(=O)[C@@H]3[C@H]4C(=O)N(CCCCCO)[C@H](C2=O)[C@]42C=C[C@H]3O2)c1. The van der Waals surface area contributed by atoms with E-state index in [0.29, 0.717) is 32.2 Å². The summed E-state index contributed by atoms with van der Waals surface area (Å²) in [5.41, 5.74) is 2.05. The molecule has 10 nitrogen and oxygen atoms in total. The molecule has 248 valence electrons. The number of aliphatic hydroxyl groups excluding tert-OH is 1. The highest BCUT2D eigenvalue weighted by Gasteiger charge is 2.73. The predicted molar refractivity (Wildman–Crippen MR) is 175 cm³/mol. The molecule has 0 radical (unpaired) electrons. The van der Waals surface area contributed by atoms with Gasteiger partial charge < -0.3 is 29.7 Å². The van der Waals surface area contributed by atoms with Crippen LogP contribution in [0.1, 0.15) is 54.8 Å². The standard InChI is InChI=1S/C37H43N3O7/c1-24-15-16-25(2)28(22-24)39-19-9-4-8-14-30(42)46-23-27(26-12-6-3-7-13-26)38-34(43)31-29-17-18-37(47-29)32(31)35(44)40(33(37)36(39)45)20-10-5-11-21-41/h3-4,6-7,9,12-13,15-18,22,27,29,31-33,41H,5,8,10-11,14,19-21,23H2,1-2H3,(H,38,43)/b9-4-/t27-,29-,31+,32+,33-,37+/m1/s1. The van der Waals surface area contributed by atoms with Crippen molar-refractivity contribution in [2.45, 2.75) is 69.7 Å². The summed E-state index contributed by atoms with van der Waals surface area (Å²) in [5.74, 6) is -3.16. The lowest BCUT2D eigenvalue weighted by Crippen LogP contribution is -2.56. The van der Waals surface area contributed by atoms with E-state index >= 15 is 0 Å². The molecule has 4 aliphatic rings. The van der Waals surface area contributed by atoms with Crippen LogP contribution >= 0.6 is 0 Å². The predicted octanol–water partition coefficient (Wildman–Crippen LogP) is 3.70. The molecule has 6 atom stereocenters. The van der Waals surface area contributed by atoms with Gasteiger partial charge in [-0.15, -0.1) is 0 Å². The van der Waals surface area contributed by atoms with E-state index in [1.54, 1.807) is 15.9 Å². The van der Waals surface area contributed by atoms with Gasteiger partial charge in [-0.1, -0.05) is 66.8 Å². The summed E-state index contributed by atoms with van der Waals surface area (Å²) < 4.78 is 12.2. The van der Waals surface area contributed by atoms with E-state index in [9.17, 15) is 24.3 Å². The minimum Gasteiger partial charge on any atom is -0.463 e.